The van der Waals surface area contributed by atoms with Gasteiger partial charge < -0.3 is 20.9 Å². The van der Waals surface area contributed by atoms with Crippen LogP contribution >= 0.6 is 23.2 Å². The lowest BCUT2D eigenvalue weighted by Crippen LogP contribution is -2.58. The predicted molar refractivity (Wildman–Crippen MR) is 136 cm³/mol. The smallest absolute Gasteiger partial charge is 0.271 e. The first-order chi connectivity index (χ1) is 16.8. The first-order valence-corrected chi connectivity index (χ1v) is 12.5. The number of nitrogens with one attached hydrogen (secondary N) is 1. The van der Waals surface area contributed by atoms with Crippen molar-refractivity contribution in [3.8, 4) is 0 Å². The number of piperidine rings is 1. The first kappa shape index (κ1) is 25.4. The molecule has 2 fully saturated rings. The van der Waals surface area contributed by atoms with E-state index >= 15 is 0 Å². The number of pyridine rings is 1. The summed E-state index contributed by atoms with van der Waals surface area (Å²) in [5, 5.41) is 3.04. The largest absolute Gasteiger partial charge is 0.383 e. The monoisotopic (exact) mass is 520 g/mol. The van der Waals surface area contributed by atoms with E-state index in [4.69, 9.17) is 28.9 Å². The van der Waals surface area contributed by atoms with Crippen LogP contribution in [0.4, 0.5) is 11.6 Å². The summed E-state index contributed by atoms with van der Waals surface area (Å²) >= 11 is 12.3. The minimum absolute atomic E-state index is 0.101. The van der Waals surface area contributed by atoms with Gasteiger partial charge in [0, 0.05) is 51.9 Å². The molecule has 0 aliphatic carbocycles. The number of carbonyl (C=O) groups is 2. The highest BCUT2D eigenvalue weighted by Gasteiger charge is 2.35. The van der Waals surface area contributed by atoms with Crippen molar-refractivity contribution >= 4 is 46.7 Å². The number of likely N-dealkylation sites (tertiary alicyclic amines) is 1. The average Bonchev–Trinajstić information content (AvgIpc) is 2.87. The number of rotatable bonds is 5. The van der Waals surface area contributed by atoms with Crippen LogP contribution in [0.2, 0.25) is 10.3 Å². The van der Waals surface area contributed by atoms with Gasteiger partial charge in [-0.05, 0) is 31.4 Å². The molecule has 12 heteroatoms. The molecule has 0 saturated carbocycles. The molecule has 0 spiro atoms. The molecule has 0 aromatic carbocycles. The molecule has 2 saturated heterocycles. The topological polar surface area (TPSA) is 121 Å². The molecule has 4 rings (SSSR count). The highest BCUT2D eigenvalue weighted by Crippen LogP contribution is 2.29. The van der Waals surface area contributed by atoms with Crippen LogP contribution < -0.4 is 16.0 Å². The van der Waals surface area contributed by atoms with Crippen LogP contribution in [0.1, 0.15) is 47.0 Å². The number of nitrogen functional groups attached to an aromatic ring is 1. The van der Waals surface area contributed by atoms with Gasteiger partial charge in [-0.3, -0.25) is 14.5 Å². The Kier molecular flexibility index (Phi) is 7.93. The quantitative estimate of drug-likeness (QED) is 0.576. The predicted octanol–water partition coefficient (Wildman–Crippen LogP) is 2.33. The molecule has 1 atom stereocenters. The van der Waals surface area contributed by atoms with Gasteiger partial charge in [-0.2, -0.15) is 0 Å². The molecule has 35 heavy (non-hydrogen) atoms. The Morgan fingerprint density at radius 1 is 1.14 bits per heavy atom. The molecule has 2 aromatic heterocycles. The van der Waals surface area contributed by atoms with Crippen molar-refractivity contribution in [1.29, 1.82) is 0 Å². The fourth-order valence-electron chi connectivity index (χ4n) is 4.92. The van der Waals surface area contributed by atoms with Crippen LogP contribution in [0.3, 0.4) is 0 Å². The number of amides is 2. The lowest BCUT2D eigenvalue weighted by atomic mass is 9.97. The Morgan fingerprint density at radius 2 is 1.89 bits per heavy atom. The van der Waals surface area contributed by atoms with E-state index in [0.717, 1.165) is 38.9 Å². The molecule has 0 radical (unpaired) electrons. The lowest BCUT2D eigenvalue weighted by molar-refractivity contribution is 0.0491. The Balaban J connectivity index is 1.37. The van der Waals surface area contributed by atoms with Crippen LogP contribution in [-0.4, -0.2) is 88.4 Å². The Bertz CT molecular complexity index is 1090. The molecule has 2 aliphatic heterocycles. The third-order valence-electron chi connectivity index (χ3n) is 6.81. The molecular weight excluding hydrogens is 491 g/mol. The van der Waals surface area contributed by atoms with Gasteiger partial charge in [0.25, 0.3) is 11.8 Å². The van der Waals surface area contributed by atoms with Crippen LogP contribution in [0.25, 0.3) is 0 Å². The summed E-state index contributed by atoms with van der Waals surface area (Å²) in [5.74, 6) is 0.348. The molecule has 10 nitrogen and oxygen atoms in total. The second-order valence-electron chi connectivity index (χ2n) is 8.78. The van der Waals surface area contributed by atoms with Crippen LogP contribution in [0.15, 0.2) is 18.3 Å². The van der Waals surface area contributed by atoms with Crippen molar-refractivity contribution in [2.75, 3.05) is 50.4 Å². The minimum Gasteiger partial charge on any atom is -0.383 e. The summed E-state index contributed by atoms with van der Waals surface area (Å²) in [5.41, 5.74) is 6.51. The number of hydrogen-bond donors (Lipinski definition) is 2. The summed E-state index contributed by atoms with van der Waals surface area (Å²) in [7, 11) is 1.54. The van der Waals surface area contributed by atoms with Crippen LogP contribution in [0.5, 0.6) is 0 Å². The van der Waals surface area contributed by atoms with Gasteiger partial charge in [-0.1, -0.05) is 30.1 Å². The SMILES string of the molecule is CC[C@H]1CN(c2ncc(C(=O)NC)nc2Cl)CCN1C1CCN(C(=O)c2ccc(Cl)nc2N)CC1. The van der Waals surface area contributed by atoms with Crippen molar-refractivity contribution in [3.05, 3.63) is 39.9 Å². The van der Waals surface area contributed by atoms with Gasteiger partial charge >= 0.3 is 0 Å². The average molecular weight is 521 g/mol. The van der Waals surface area contributed by atoms with E-state index in [2.05, 4.69) is 37.0 Å². The molecule has 2 aliphatic rings. The van der Waals surface area contributed by atoms with Crippen molar-refractivity contribution in [1.82, 2.24) is 30.1 Å². The Labute approximate surface area is 214 Å². The van der Waals surface area contributed by atoms with E-state index in [9.17, 15) is 9.59 Å². The lowest BCUT2D eigenvalue weighted by Gasteiger charge is -2.47. The molecule has 0 unspecified atom stereocenters. The molecule has 3 N–H and O–H groups in total. The fourth-order valence-corrected chi connectivity index (χ4v) is 5.33. The number of halogens is 2. The van der Waals surface area contributed by atoms with Gasteiger partial charge in [0.15, 0.2) is 11.0 Å². The molecule has 4 heterocycles. The zero-order chi connectivity index (χ0) is 25.1. The van der Waals surface area contributed by atoms with Crippen LogP contribution in [0, 0.1) is 0 Å². The highest BCUT2D eigenvalue weighted by atomic mass is 35.5. The van der Waals surface area contributed by atoms with Gasteiger partial charge in [-0.15, -0.1) is 0 Å². The van der Waals surface area contributed by atoms with E-state index in [1.807, 2.05) is 4.90 Å². The summed E-state index contributed by atoms with van der Waals surface area (Å²) in [6, 6.07) is 3.94. The van der Waals surface area contributed by atoms with Gasteiger partial charge in [0.2, 0.25) is 0 Å². The minimum atomic E-state index is -0.318. The number of nitrogens with two attached hydrogens (primary N) is 1. The number of aromatic nitrogens is 3. The Morgan fingerprint density at radius 3 is 2.51 bits per heavy atom. The Hall–Kier alpha value is -2.69. The van der Waals surface area contributed by atoms with Crippen molar-refractivity contribution in [2.24, 2.45) is 0 Å². The van der Waals surface area contributed by atoms with Crippen molar-refractivity contribution in [3.63, 3.8) is 0 Å². The number of hydrogen-bond acceptors (Lipinski definition) is 8. The molecule has 2 amide bonds. The second kappa shape index (κ2) is 10.9. The van der Waals surface area contributed by atoms with Gasteiger partial charge in [0.05, 0.1) is 11.8 Å². The third kappa shape index (κ3) is 5.44. The van der Waals surface area contributed by atoms with E-state index in [0.29, 0.717) is 36.6 Å². The number of anilines is 2. The van der Waals surface area contributed by atoms with E-state index in [1.54, 1.807) is 19.2 Å². The van der Waals surface area contributed by atoms with Gasteiger partial charge in [0.1, 0.15) is 16.7 Å². The summed E-state index contributed by atoms with van der Waals surface area (Å²) in [6.45, 7) is 5.91. The molecular formula is C23H30Cl2N8O2. The van der Waals surface area contributed by atoms with E-state index < -0.39 is 0 Å². The maximum atomic E-state index is 12.9. The third-order valence-corrected chi connectivity index (χ3v) is 7.28. The molecule has 2 aromatic rings. The number of piperazine rings is 1. The highest BCUT2D eigenvalue weighted by molar-refractivity contribution is 6.31. The standard InChI is InChI=1S/C23H30Cl2N8O2/c1-3-14-13-32(21-19(25)29-17(12-28-21)22(34)27-2)10-11-33(14)15-6-8-31(9-7-15)23(35)16-4-5-18(24)30-20(16)26/h4-5,12,14-15H,3,6-11,13H2,1-2H3,(H2,26,30)(H,27,34)/t14-/m0/s1. The summed E-state index contributed by atoms with van der Waals surface area (Å²) in [4.78, 5) is 43.9. The maximum absolute atomic E-state index is 12.9. The summed E-state index contributed by atoms with van der Waals surface area (Å²) in [6.07, 6.45) is 4.22. The second-order valence-corrected chi connectivity index (χ2v) is 9.53. The van der Waals surface area contributed by atoms with Crippen molar-refractivity contribution in [2.45, 2.75) is 38.3 Å². The fraction of sp³-hybridized carbons (Fsp3) is 0.522. The van der Waals surface area contributed by atoms with Gasteiger partial charge in [-0.25, -0.2) is 15.0 Å². The summed E-state index contributed by atoms with van der Waals surface area (Å²) < 4.78 is 0. The van der Waals surface area contributed by atoms with Crippen LogP contribution in [-0.2, 0) is 0 Å². The molecule has 0 bridgehead atoms. The maximum Gasteiger partial charge on any atom is 0.271 e. The zero-order valence-electron chi connectivity index (χ0n) is 19.9. The number of carbonyl (C=O) groups excluding carboxylic acids is 2. The first-order valence-electron chi connectivity index (χ1n) is 11.8. The zero-order valence-corrected chi connectivity index (χ0v) is 21.4. The van der Waals surface area contributed by atoms with E-state index in [-0.39, 0.29) is 33.6 Å². The van der Waals surface area contributed by atoms with E-state index in [1.165, 1.54) is 6.20 Å². The molecule has 188 valence electrons. The normalized spacial score (nSPS) is 19.6. The van der Waals surface area contributed by atoms with Crippen molar-refractivity contribution < 1.29 is 9.59 Å². The number of nitrogens with zero attached hydrogens (tertiary/aromatic N) is 6.